The van der Waals surface area contributed by atoms with Gasteiger partial charge in [-0.25, -0.2) is 8.42 Å². The topological polar surface area (TPSA) is 112 Å². The van der Waals surface area contributed by atoms with E-state index < -0.39 is 10.0 Å². The molecule has 2 amide bonds. The minimum atomic E-state index is -3.67. The molecular weight excluding hydrogens is 460 g/mol. The second-order valence-corrected chi connectivity index (χ2v) is 10.4. The van der Waals surface area contributed by atoms with Crippen molar-refractivity contribution in [1.29, 1.82) is 0 Å². The van der Waals surface area contributed by atoms with E-state index >= 15 is 0 Å². The molecule has 2 saturated heterocycles. The Labute approximate surface area is 199 Å². The van der Waals surface area contributed by atoms with Crippen LogP contribution in [0.5, 0.6) is 0 Å². The second-order valence-electron chi connectivity index (χ2n) is 8.52. The fourth-order valence-electron chi connectivity index (χ4n) is 4.10. The van der Waals surface area contributed by atoms with E-state index in [1.807, 2.05) is 4.90 Å². The van der Waals surface area contributed by atoms with E-state index in [1.165, 1.54) is 10.4 Å². The van der Waals surface area contributed by atoms with Crippen molar-refractivity contribution < 1.29 is 27.2 Å². The molecule has 0 atom stereocenters. The highest BCUT2D eigenvalue weighted by Crippen LogP contribution is 2.24. The maximum atomic E-state index is 13.1. The molecule has 2 aliphatic rings. The van der Waals surface area contributed by atoms with Crippen LogP contribution >= 0.6 is 0 Å². The predicted octanol–water partition coefficient (Wildman–Crippen LogP) is 1.31. The Hall–Kier alpha value is -2.73. The number of hydrogen-bond donors (Lipinski definition) is 1. The number of sulfonamides is 1. The normalized spacial score (nSPS) is 18.1. The van der Waals surface area contributed by atoms with Crippen LogP contribution in [0.25, 0.3) is 0 Å². The van der Waals surface area contributed by atoms with E-state index in [-0.39, 0.29) is 23.3 Å². The Balaban J connectivity index is 1.33. The van der Waals surface area contributed by atoms with E-state index in [0.29, 0.717) is 75.3 Å². The van der Waals surface area contributed by atoms with E-state index in [0.717, 1.165) is 0 Å². The van der Waals surface area contributed by atoms with Gasteiger partial charge in [0.15, 0.2) is 5.76 Å². The quantitative estimate of drug-likeness (QED) is 0.650. The van der Waals surface area contributed by atoms with Gasteiger partial charge >= 0.3 is 0 Å². The summed E-state index contributed by atoms with van der Waals surface area (Å²) in [6, 6.07) is 8.35. The molecule has 1 aromatic carbocycles. The average molecular weight is 491 g/mol. The van der Waals surface area contributed by atoms with Crippen LogP contribution in [0.1, 0.15) is 21.9 Å². The molecule has 3 heterocycles. The van der Waals surface area contributed by atoms with Gasteiger partial charge < -0.3 is 19.4 Å². The number of nitrogens with zero attached hydrogens (tertiary/aromatic N) is 3. The number of morpholine rings is 1. The summed E-state index contributed by atoms with van der Waals surface area (Å²) in [5.41, 5.74) is 1.06. The molecule has 34 heavy (non-hydrogen) atoms. The first-order chi connectivity index (χ1) is 16.2. The van der Waals surface area contributed by atoms with Crippen LogP contribution in [-0.2, 0) is 19.6 Å². The zero-order valence-corrected chi connectivity index (χ0v) is 20.3. The molecule has 2 aromatic rings. The van der Waals surface area contributed by atoms with Crippen molar-refractivity contribution in [2.45, 2.75) is 18.7 Å². The predicted molar refractivity (Wildman–Crippen MR) is 125 cm³/mol. The molecule has 0 spiro atoms. The first-order valence-electron chi connectivity index (χ1n) is 11.3. The molecule has 2 aliphatic heterocycles. The summed E-state index contributed by atoms with van der Waals surface area (Å²) in [7, 11) is -3.67. The van der Waals surface area contributed by atoms with Crippen LogP contribution in [0.15, 0.2) is 39.6 Å². The lowest BCUT2D eigenvalue weighted by molar-refractivity contribution is -0.117. The number of ether oxygens (including phenoxy) is 1. The summed E-state index contributed by atoms with van der Waals surface area (Å²) in [6.45, 7) is 7.17. The summed E-state index contributed by atoms with van der Waals surface area (Å²) in [4.78, 5) is 29.0. The third kappa shape index (κ3) is 5.49. The molecule has 0 radical (unpaired) electrons. The van der Waals surface area contributed by atoms with Gasteiger partial charge in [0, 0.05) is 45.0 Å². The van der Waals surface area contributed by atoms with Crippen molar-refractivity contribution in [2.24, 2.45) is 0 Å². The number of anilines is 1. The molecule has 0 saturated carbocycles. The number of piperazine rings is 1. The molecule has 2 fully saturated rings. The highest BCUT2D eigenvalue weighted by molar-refractivity contribution is 7.89. The molecule has 1 aromatic heterocycles. The second kappa shape index (κ2) is 10.3. The third-order valence-electron chi connectivity index (χ3n) is 6.04. The zero-order chi connectivity index (χ0) is 24.3. The van der Waals surface area contributed by atoms with Crippen LogP contribution in [-0.4, -0.2) is 93.4 Å². The van der Waals surface area contributed by atoms with E-state index in [9.17, 15) is 18.0 Å². The van der Waals surface area contributed by atoms with Gasteiger partial charge in [0.1, 0.15) is 5.76 Å². The van der Waals surface area contributed by atoms with Gasteiger partial charge in [-0.1, -0.05) is 6.07 Å². The molecule has 4 rings (SSSR count). The largest absolute Gasteiger partial charge is 0.456 e. The number of furan rings is 1. The molecular formula is C23H30N4O6S. The third-order valence-corrected chi connectivity index (χ3v) is 8.08. The van der Waals surface area contributed by atoms with Crippen molar-refractivity contribution >= 4 is 27.5 Å². The number of rotatable bonds is 6. The van der Waals surface area contributed by atoms with Crippen molar-refractivity contribution in [2.75, 3.05) is 64.3 Å². The Kier molecular flexibility index (Phi) is 7.36. The van der Waals surface area contributed by atoms with E-state index in [2.05, 4.69) is 5.32 Å². The summed E-state index contributed by atoms with van der Waals surface area (Å²) in [5, 5.41) is 2.81. The van der Waals surface area contributed by atoms with Gasteiger partial charge in [-0.3, -0.25) is 14.5 Å². The van der Waals surface area contributed by atoms with Crippen molar-refractivity contribution in [3.05, 3.63) is 47.4 Å². The summed E-state index contributed by atoms with van der Waals surface area (Å²) >= 11 is 0. The average Bonchev–Trinajstić information content (AvgIpc) is 3.27. The Morgan fingerprint density at radius 2 is 1.68 bits per heavy atom. The lowest BCUT2D eigenvalue weighted by Crippen LogP contribution is -2.50. The number of aryl methyl sites for hydroxylation is 2. The molecule has 0 aliphatic carbocycles. The number of benzene rings is 1. The minimum absolute atomic E-state index is 0.147. The first kappa shape index (κ1) is 24.4. The van der Waals surface area contributed by atoms with Gasteiger partial charge in [0.2, 0.25) is 15.9 Å². The lowest BCUT2D eigenvalue weighted by Gasteiger charge is -2.33. The zero-order valence-electron chi connectivity index (χ0n) is 19.5. The molecule has 1 N–H and O–H groups in total. The Morgan fingerprint density at radius 3 is 2.32 bits per heavy atom. The number of carbonyl (C=O) groups is 2. The summed E-state index contributed by atoms with van der Waals surface area (Å²) in [6.07, 6.45) is 0. The van der Waals surface area contributed by atoms with Gasteiger partial charge in [0.25, 0.3) is 5.91 Å². The fraction of sp³-hybridized carbons (Fsp3) is 0.478. The monoisotopic (exact) mass is 490 g/mol. The molecule has 184 valence electrons. The van der Waals surface area contributed by atoms with Crippen LogP contribution in [0, 0.1) is 13.8 Å². The molecule has 10 nitrogen and oxygen atoms in total. The standard InChI is InChI=1S/C23H30N4O6S/c1-17-3-5-19(15-21(17)34(30,31)27-11-13-32-14-12-27)24-22(28)16-25-7-9-26(10-8-25)23(29)20-6-4-18(2)33-20/h3-6,15H,7-14,16H2,1-2H3,(H,24,28). The van der Waals surface area contributed by atoms with Crippen LogP contribution < -0.4 is 5.32 Å². The van der Waals surface area contributed by atoms with E-state index in [1.54, 1.807) is 43.0 Å². The minimum Gasteiger partial charge on any atom is -0.456 e. The number of hydrogen-bond acceptors (Lipinski definition) is 7. The SMILES string of the molecule is Cc1ccc(C(=O)N2CCN(CC(=O)Nc3ccc(C)c(S(=O)(=O)N4CCOCC4)c3)CC2)o1. The fourth-order valence-corrected chi connectivity index (χ4v) is 5.76. The van der Waals surface area contributed by atoms with Gasteiger partial charge in [-0.05, 0) is 43.7 Å². The van der Waals surface area contributed by atoms with Crippen LogP contribution in [0.2, 0.25) is 0 Å². The Morgan fingerprint density at radius 1 is 0.971 bits per heavy atom. The number of carbonyl (C=O) groups excluding carboxylic acids is 2. The highest BCUT2D eigenvalue weighted by Gasteiger charge is 2.28. The van der Waals surface area contributed by atoms with Crippen molar-refractivity contribution in [3.8, 4) is 0 Å². The summed E-state index contributed by atoms with van der Waals surface area (Å²) < 4.78 is 38.2. The maximum absolute atomic E-state index is 13.1. The van der Waals surface area contributed by atoms with Gasteiger partial charge in [-0.15, -0.1) is 0 Å². The first-order valence-corrected chi connectivity index (χ1v) is 12.7. The smallest absolute Gasteiger partial charge is 0.289 e. The molecule has 0 unspecified atom stereocenters. The highest BCUT2D eigenvalue weighted by atomic mass is 32.2. The maximum Gasteiger partial charge on any atom is 0.289 e. The van der Waals surface area contributed by atoms with Crippen LogP contribution in [0.3, 0.4) is 0 Å². The van der Waals surface area contributed by atoms with Crippen molar-refractivity contribution in [3.63, 3.8) is 0 Å². The summed E-state index contributed by atoms with van der Waals surface area (Å²) in [5.74, 6) is 0.632. The van der Waals surface area contributed by atoms with Crippen LogP contribution in [0.4, 0.5) is 5.69 Å². The van der Waals surface area contributed by atoms with Gasteiger partial charge in [0.05, 0.1) is 24.7 Å². The van der Waals surface area contributed by atoms with E-state index in [4.69, 9.17) is 9.15 Å². The molecule has 11 heteroatoms. The number of nitrogens with one attached hydrogen (secondary N) is 1. The van der Waals surface area contributed by atoms with Crippen molar-refractivity contribution in [1.82, 2.24) is 14.1 Å². The Bertz CT molecular complexity index is 1150. The van der Waals surface area contributed by atoms with Gasteiger partial charge in [-0.2, -0.15) is 4.31 Å². The molecule has 0 bridgehead atoms. The lowest BCUT2D eigenvalue weighted by atomic mass is 10.2. The number of amides is 2.